The molecule has 1 aliphatic rings. The fourth-order valence-corrected chi connectivity index (χ4v) is 2.93. The summed E-state index contributed by atoms with van der Waals surface area (Å²) in [5.41, 5.74) is 1.87. The monoisotopic (exact) mass is 307 g/mol. The number of nitrogens with zero attached hydrogens (tertiary/aromatic N) is 5. The topological polar surface area (TPSA) is 85.8 Å². The van der Waals surface area contributed by atoms with Crippen LogP contribution in [-0.4, -0.2) is 35.3 Å². The van der Waals surface area contributed by atoms with E-state index in [4.69, 9.17) is 9.72 Å². The summed E-state index contributed by atoms with van der Waals surface area (Å²) in [5, 5.41) is 18.6. The fraction of sp³-hybridized carbons (Fsp3) is 0.412. The lowest BCUT2D eigenvalue weighted by Crippen LogP contribution is -2.46. The number of para-hydroxylation sites is 2. The van der Waals surface area contributed by atoms with Crippen LogP contribution in [0.2, 0.25) is 0 Å². The number of hydrogen-bond donors (Lipinski definition) is 0. The Balaban J connectivity index is 2.15. The number of benzene rings is 1. The zero-order chi connectivity index (χ0) is 16.4. The van der Waals surface area contributed by atoms with Gasteiger partial charge in [-0.2, -0.15) is 10.5 Å². The minimum Gasteiger partial charge on any atom is -0.372 e. The molecule has 23 heavy (non-hydrogen) atoms. The van der Waals surface area contributed by atoms with Crippen LogP contribution in [0.4, 0.5) is 5.82 Å². The van der Waals surface area contributed by atoms with Crippen molar-refractivity contribution in [3.63, 3.8) is 0 Å². The van der Waals surface area contributed by atoms with Crippen molar-refractivity contribution in [3.8, 4) is 12.1 Å². The van der Waals surface area contributed by atoms with E-state index in [2.05, 4.69) is 9.88 Å². The summed E-state index contributed by atoms with van der Waals surface area (Å²) < 4.78 is 5.76. The molecule has 1 fully saturated rings. The van der Waals surface area contributed by atoms with E-state index in [-0.39, 0.29) is 12.2 Å². The predicted octanol–water partition coefficient (Wildman–Crippen LogP) is 2.37. The Morgan fingerprint density at radius 3 is 2.22 bits per heavy atom. The van der Waals surface area contributed by atoms with E-state index in [1.54, 1.807) is 0 Å². The van der Waals surface area contributed by atoms with Gasteiger partial charge >= 0.3 is 0 Å². The first kappa shape index (κ1) is 15.2. The van der Waals surface area contributed by atoms with E-state index in [1.807, 2.05) is 50.3 Å². The van der Waals surface area contributed by atoms with E-state index >= 15 is 0 Å². The zero-order valence-corrected chi connectivity index (χ0v) is 13.1. The van der Waals surface area contributed by atoms with Crippen LogP contribution in [0.5, 0.6) is 0 Å². The first-order valence-corrected chi connectivity index (χ1v) is 7.58. The van der Waals surface area contributed by atoms with Gasteiger partial charge in [0.2, 0.25) is 0 Å². The van der Waals surface area contributed by atoms with Crippen LogP contribution < -0.4 is 4.90 Å². The third-order valence-corrected chi connectivity index (χ3v) is 3.83. The lowest BCUT2D eigenvalue weighted by Gasteiger charge is -2.36. The Labute approximate surface area is 134 Å². The molecule has 0 spiro atoms. The summed E-state index contributed by atoms with van der Waals surface area (Å²) in [6.45, 7) is 5.33. The highest BCUT2D eigenvalue weighted by Crippen LogP contribution is 2.28. The molecule has 1 saturated heterocycles. The lowest BCUT2D eigenvalue weighted by atomic mass is 10.1. The van der Waals surface area contributed by atoms with E-state index in [0.29, 0.717) is 30.1 Å². The molecule has 1 aromatic carbocycles. The number of anilines is 1. The molecule has 116 valence electrons. The zero-order valence-electron chi connectivity index (χ0n) is 13.1. The molecular formula is C17H17N5O. The molecule has 2 heterocycles. The maximum absolute atomic E-state index is 9.29. The Kier molecular flexibility index (Phi) is 4.10. The average molecular weight is 307 g/mol. The van der Waals surface area contributed by atoms with Gasteiger partial charge in [0.1, 0.15) is 5.69 Å². The highest BCUT2D eigenvalue weighted by atomic mass is 16.5. The third-order valence-electron chi connectivity index (χ3n) is 3.83. The van der Waals surface area contributed by atoms with E-state index in [1.165, 1.54) is 0 Å². The Morgan fingerprint density at radius 2 is 1.65 bits per heavy atom. The number of ether oxygens (including phenoxy) is 1. The van der Waals surface area contributed by atoms with Gasteiger partial charge in [-0.3, -0.25) is 0 Å². The fourth-order valence-electron chi connectivity index (χ4n) is 2.93. The summed E-state index contributed by atoms with van der Waals surface area (Å²) in [6, 6.07) is 11.5. The van der Waals surface area contributed by atoms with Gasteiger partial charge in [-0.25, -0.2) is 9.97 Å². The molecule has 0 amide bonds. The molecule has 6 nitrogen and oxygen atoms in total. The smallest absolute Gasteiger partial charge is 0.178 e. The van der Waals surface area contributed by atoms with E-state index < -0.39 is 5.92 Å². The standard InChI is InChI=1S/C17H17N5O/c1-11-9-22(10-12(2)23-11)17-16(13(7-18)8-19)20-14-5-3-4-6-15(14)21-17/h3-6,11-13H,9-10H2,1-2H3. The van der Waals surface area contributed by atoms with E-state index in [9.17, 15) is 10.5 Å². The molecule has 1 aliphatic heterocycles. The second-order valence-electron chi connectivity index (χ2n) is 5.77. The largest absolute Gasteiger partial charge is 0.372 e. The lowest BCUT2D eigenvalue weighted by molar-refractivity contribution is -0.00551. The third kappa shape index (κ3) is 2.94. The van der Waals surface area contributed by atoms with Gasteiger partial charge < -0.3 is 9.64 Å². The number of rotatable bonds is 2. The van der Waals surface area contributed by atoms with Crippen LogP contribution in [0.15, 0.2) is 24.3 Å². The van der Waals surface area contributed by atoms with Crippen molar-refractivity contribution in [2.45, 2.75) is 32.0 Å². The van der Waals surface area contributed by atoms with Crippen molar-refractivity contribution in [2.24, 2.45) is 0 Å². The Hall–Kier alpha value is -2.70. The van der Waals surface area contributed by atoms with E-state index in [0.717, 1.165) is 5.52 Å². The van der Waals surface area contributed by atoms with Gasteiger partial charge in [0.05, 0.1) is 35.4 Å². The summed E-state index contributed by atoms with van der Waals surface area (Å²) in [5.74, 6) is -0.325. The summed E-state index contributed by atoms with van der Waals surface area (Å²) in [7, 11) is 0. The molecule has 0 radical (unpaired) electrons. The van der Waals surface area contributed by atoms with Crippen LogP contribution in [-0.2, 0) is 4.74 Å². The van der Waals surface area contributed by atoms with Gasteiger partial charge in [0.25, 0.3) is 0 Å². The molecule has 0 saturated carbocycles. The second kappa shape index (κ2) is 6.20. The average Bonchev–Trinajstić information content (AvgIpc) is 2.54. The van der Waals surface area contributed by atoms with Crippen molar-refractivity contribution in [2.75, 3.05) is 18.0 Å². The molecule has 0 bridgehead atoms. The van der Waals surface area contributed by atoms with Crippen molar-refractivity contribution in [1.29, 1.82) is 10.5 Å². The predicted molar refractivity (Wildman–Crippen MR) is 85.7 cm³/mol. The van der Waals surface area contributed by atoms with Crippen molar-refractivity contribution in [1.82, 2.24) is 9.97 Å². The molecule has 2 atom stereocenters. The van der Waals surface area contributed by atoms with Crippen LogP contribution in [0.25, 0.3) is 11.0 Å². The number of hydrogen-bond acceptors (Lipinski definition) is 6. The van der Waals surface area contributed by atoms with Gasteiger partial charge in [-0.05, 0) is 26.0 Å². The van der Waals surface area contributed by atoms with Crippen molar-refractivity contribution < 1.29 is 4.74 Å². The molecule has 0 aliphatic carbocycles. The highest BCUT2D eigenvalue weighted by Gasteiger charge is 2.28. The van der Waals surface area contributed by atoms with Crippen LogP contribution in [0, 0.1) is 22.7 Å². The first-order valence-electron chi connectivity index (χ1n) is 7.58. The van der Waals surface area contributed by atoms with Crippen molar-refractivity contribution in [3.05, 3.63) is 30.0 Å². The first-order chi connectivity index (χ1) is 11.1. The summed E-state index contributed by atoms with van der Waals surface area (Å²) in [6.07, 6.45) is 0.116. The maximum Gasteiger partial charge on any atom is 0.178 e. The van der Waals surface area contributed by atoms with Crippen LogP contribution in [0.1, 0.15) is 25.5 Å². The van der Waals surface area contributed by atoms with Crippen LogP contribution >= 0.6 is 0 Å². The number of aromatic nitrogens is 2. The SMILES string of the molecule is CC1CN(c2nc3ccccc3nc2C(C#N)C#N)CC(C)O1. The molecule has 3 rings (SSSR count). The number of morpholine rings is 1. The summed E-state index contributed by atoms with van der Waals surface area (Å²) in [4.78, 5) is 11.3. The molecule has 2 aromatic rings. The normalized spacial score (nSPS) is 21.2. The molecule has 0 N–H and O–H groups in total. The van der Waals surface area contributed by atoms with Crippen LogP contribution in [0.3, 0.4) is 0 Å². The quantitative estimate of drug-likeness (QED) is 0.846. The maximum atomic E-state index is 9.29. The van der Waals surface area contributed by atoms with Gasteiger partial charge in [0.15, 0.2) is 11.7 Å². The Morgan fingerprint density at radius 1 is 1.09 bits per heavy atom. The second-order valence-corrected chi connectivity index (χ2v) is 5.77. The molecule has 6 heteroatoms. The van der Waals surface area contributed by atoms with Gasteiger partial charge in [-0.1, -0.05) is 12.1 Å². The number of fused-ring (bicyclic) bond motifs is 1. The number of nitriles is 2. The molecule has 2 unspecified atom stereocenters. The van der Waals surface area contributed by atoms with Gasteiger partial charge in [0, 0.05) is 13.1 Å². The summed E-state index contributed by atoms with van der Waals surface area (Å²) >= 11 is 0. The Bertz CT molecular complexity index is 783. The minimum atomic E-state index is -0.935. The van der Waals surface area contributed by atoms with Gasteiger partial charge in [-0.15, -0.1) is 0 Å². The highest BCUT2D eigenvalue weighted by molar-refractivity contribution is 5.77. The minimum absolute atomic E-state index is 0.0579. The molecule has 1 aromatic heterocycles. The van der Waals surface area contributed by atoms with Crippen molar-refractivity contribution >= 4 is 16.9 Å². The molecular weight excluding hydrogens is 290 g/mol.